The van der Waals surface area contributed by atoms with Gasteiger partial charge in [-0.2, -0.15) is 0 Å². The minimum absolute atomic E-state index is 0.225. The zero-order valence-electron chi connectivity index (χ0n) is 15.6. The summed E-state index contributed by atoms with van der Waals surface area (Å²) in [5.41, 5.74) is 1.85. The lowest BCUT2D eigenvalue weighted by molar-refractivity contribution is 0.423. The molecule has 0 aliphatic rings. The maximum atomic E-state index is 11.0. The van der Waals surface area contributed by atoms with Crippen LogP contribution in [0.4, 0.5) is 0 Å². The van der Waals surface area contributed by atoms with E-state index >= 15 is 0 Å². The molecule has 0 radical (unpaired) electrons. The van der Waals surface area contributed by atoms with Gasteiger partial charge in [-0.15, -0.1) is 0 Å². The normalized spacial score (nSPS) is 12.6. The maximum absolute atomic E-state index is 11.0. The van der Waals surface area contributed by atoms with Crippen molar-refractivity contribution in [2.24, 2.45) is 0 Å². The fraction of sp³-hybridized carbons (Fsp3) is 0.556. The molecular weight excluding hydrogens is 360 g/mol. The molecule has 0 aromatic heterocycles. The van der Waals surface area contributed by atoms with Crippen LogP contribution < -0.4 is 0 Å². The summed E-state index contributed by atoms with van der Waals surface area (Å²) in [7, 11) is -5.44. The molecule has 0 saturated carbocycles. The molecule has 0 amide bonds. The Kier molecular flexibility index (Phi) is 6.87. The molecule has 0 fully saturated rings. The second kappa shape index (κ2) is 7.91. The van der Waals surface area contributed by atoms with Crippen molar-refractivity contribution < 1.29 is 21.9 Å². The summed E-state index contributed by atoms with van der Waals surface area (Å²) in [6.45, 7) is 11.9. The predicted octanol–water partition coefficient (Wildman–Crippen LogP) is 2.59. The highest BCUT2D eigenvalue weighted by Gasteiger charge is 2.26. The highest BCUT2D eigenvalue weighted by atomic mass is 32.2. The second-order valence-electron chi connectivity index (χ2n) is 8.25. The smallest absolute Gasteiger partial charge is 0.144 e. The standard InChI is InChI=1S/C18H28O5S2/c1-17(2,3)14-8-12(9-15(16(14)19)18(4,5)6)7-13(10-24(20)21)11-25(22)23/h7-9,19,24-25H,10-11H2,1-6H3. The van der Waals surface area contributed by atoms with Crippen LogP contribution in [0.2, 0.25) is 0 Å². The molecule has 0 aliphatic heterocycles. The van der Waals surface area contributed by atoms with E-state index in [2.05, 4.69) is 0 Å². The third-order valence-electron chi connectivity index (χ3n) is 3.78. The Balaban J connectivity index is 3.65. The number of hydrogen-bond donors (Lipinski definition) is 3. The maximum Gasteiger partial charge on any atom is 0.144 e. The number of rotatable bonds is 5. The number of phenolic OH excluding ortho intramolecular Hbond substituents is 1. The monoisotopic (exact) mass is 388 g/mol. The summed E-state index contributed by atoms with van der Waals surface area (Å²) in [5, 5.41) is 10.7. The Bertz CT molecular complexity index is 740. The summed E-state index contributed by atoms with van der Waals surface area (Å²) in [5.74, 6) is -0.367. The molecule has 0 bridgehead atoms. The van der Waals surface area contributed by atoms with Crippen molar-refractivity contribution in [2.45, 2.75) is 52.4 Å². The number of hydrogen-bond acceptors (Lipinski definition) is 5. The topological polar surface area (TPSA) is 88.5 Å². The van der Waals surface area contributed by atoms with Crippen LogP contribution in [0.1, 0.15) is 58.2 Å². The van der Waals surface area contributed by atoms with Gasteiger partial charge in [0.2, 0.25) is 0 Å². The average molecular weight is 389 g/mol. The quantitative estimate of drug-likeness (QED) is 0.675. The van der Waals surface area contributed by atoms with E-state index in [4.69, 9.17) is 0 Å². The van der Waals surface area contributed by atoms with Gasteiger partial charge >= 0.3 is 0 Å². The molecule has 7 heteroatoms. The first-order chi connectivity index (χ1) is 11.2. The third kappa shape index (κ3) is 6.47. The number of thiol groups is 2. The van der Waals surface area contributed by atoms with Crippen LogP contribution in [0.3, 0.4) is 0 Å². The van der Waals surface area contributed by atoms with Gasteiger partial charge in [-0.25, -0.2) is 16.8 Å². The van der Waals surface area contributed by atoms with Gasteiger partial charge < -0.3 is 5.11 Å². The fourth-order valence-corrected chi connectivity index (χ4v) is 3.84. The van der Waals surface area contributed by atoms with Crippen molar-refractivity contribution in [1.29, 1.82) is 0 Å². The highest BCUT2D eigenvalue weighted by Crippen LogP contribution is 2.40. The molecular formula is C18H28O5S2. The summed E-state index contributed by atoms with van der Waals surface area (Å²) in [4.78, 5) is 0. The molecule has 0 aliphatic carbocycles. The lowest BCUT2D eigenvalue weighted by Gasteiger charge is -2.28. The number of phenols is 1. The van der Waals surface area contributed by atoms with Crippen LogP contribution >= 0.6 is 0 Å². The van der Waals surface area contributed by atoms with Crippen LogP contribution in [0, 0.1) is 0 Å². The number of aromatic hydroxyl groups is 1. The molecule has 0 saturated heterocycles. The van der Waals surface area contributed by atoms with Gasteiger partial charge in [-0.1, -0.05) is 47.6 Å². The lowest BCUT2D eigenvalue weighted by atomic mass is 9.78. The Morgan fingerprint density at radius 1 is 0.880 bits per heavy atom. The highest BCUT2D eigenvalue weighted by molar-refractivity contribution is 7.73. The van der Waals surface area contributed by atoms with Gasteiger partial charge in [-0.3, -0.25) is 0 Å². The van der Waals surface area contributed by atoms with Gasteiger partial charge in [0.1, 0.15) is 27.2 Å². The fourth-order valence-electron chi connectivity index (χ4n) is 2.59. The zero-order chi connectivity index (χ0) is 19.6. The van der Waals surface area contributed by atoms with Crippen LogP contribution in [0.5, 0.6) is 5.75 Å². The predicted molar refractivity (Wildman–Crippen MR) is 104 cm³/mol. The van der Waals surface area contributed by atoms with Gasteiger partial charge in [0.15, 0.2) is 0 Å². The molecule has 0 heterocycles. The summed E-state index contributed by atoms with van der Waals surface area (Å²) in [6, 6.07) is 3.58. The van der Waals surface area contributed by atoms with Crippen molar-refractivity contribution in [3.05, 3.63) is 34.4 Å². The Morgan fingerprint density at radius 2 is 1.24 bits per heavy atom. The van der Waals surface area contributed by atoms with Crippen molar-refractivity contribution in [1.82, 2.24) is 0 Å². The second-order valence-corrected chi connectivity index (χ2v) is 10.2. The first-order valence-corrected chi connectivity index (χ1v) is 10.8. The van der Waals surface area contributed by atoms with Gasteiger partial charge in [0.05, 0.1) is 11.5 Å². The minimum atomic E-state index is -2.72. The minimum Gasteiger partial charge on any atom is -0.507 e. The van der Waals surface area contributed by atoms with E-state index in [9.17, 15) is 21.9 Å². The molecule has 5 nitrogen and oxygen atoms in total. The van der Waals surface area contributed by atoms with E-state index in [1.807, 2.05) is 41.5 Å². The van der Waals surface area contributed by atoms with E-state index in [-0.39, 0.29) is 28.1 Å². The van der Waals surface area contributed by atoms with Gasteiger partial charge in [-0.05, 0) is 34.1 Å². The van der Waals surface area contributed by atoms with E-state index in [1.54, 1.807) is 18.2 Å². The lowest BCUT2D eigenvalue weighted by Crippen LogP contribution is -2.17. The average Bonchev–Trinajstić information content (AvgIpc) is 2.36. The summed E-state index contributed by atoms with van der Waals surface area (Å²) >= 11 is 0. The van der Waals surface area contributed by atoms with Crippen LogP contribution in [0.25, 0.3) is 6.08 Å². The van der Waals surface area contributed by atoms with E-state index < -0.39 is 21.4 Å². The zero-order valence-corrected chi connectivity index (χ0v) is 17.4. The Labute approximate surface area is 153 Å². The Morgan fingerprint density at radius 3 is 1.52 bits per heavy atom. The summed E-state index contributed by atoms with van der Waals surface area (Å²) in [6.07, 6.45) is 1.60. The van der Waals surface area contributed by atoms with Gasteiger partial charge in [0.25, 0.3) is 0 Å². The molecule has 0 unspecified atom stereocenters. The van der Waals surface area contributed by atoms with Crippen LogP contribution in [-0.4, -0.2) is 33.4 Å². The molecule has 1 rings (SSSR count). The molecule has 0 spiro atoms. The molecule has 0 atom stereocenters. The van der Waals surface area contributed by atoms with Crippen molar-refractivity contribution in [3.63, 3.8) is 0 Å². The van der Waals surface area contributed by atoms with E-state index in [0.29, 0.717) is 11.1 Å². The van der Waals surface area contributed by atoms with Crippen molar-refractivity contribution >= 4 is 27.5 Å². The van der Waals surface area contributed by atoms with Crippen molar-refractivity contribution in [3.8, 4) is 5.75 Å². The first kappa shape index (κ1) is 21.7. The van der Waals surface area contributed by atoms with Crippen LogP contribution in [0.15, 0.2) is 17.7 Å². The molecule has 1 N–H and O–H groups in total. The summed E-state index contributed by atoms with van der Waals surface area (Å²) < 4.78 is 44.2. The molecule has 1 aromatic rings. The molecule has 25 heavy (non-hydrogen) atoms. The molecule has 142 valence electrons. The SMILES string of the molecule is CC(C)(C)c1cc(C=C(C[SH](=O)=O)C[SH](=O)=O)cc(C(C)(C)C)c1O. The van der Waals surface area contributed by atoms with E-state index in [1.165, 1.54) is 0 Å². The molecule has 1 aromatic carbocycles. The first-order valence-electron chi connectivity index (χ1n) is 8.03. The van der Waals surface area contributed by atoms with Gasteiger partial charge in [0, 0.05) is 11.1 Å². The van der Waals surface area contributed by atoms with E-state index in [0.717, 1.165) is 11.1 Å². The Hall–Kier alpha value is -1.34. The largest absolute Gasteiger partial charge is 0.507 e. The van der Waals surface area contributed by atoms with Crippen LogP contribution in [-0.2, 0) is 32.2 Å². The number of benzene rings is 1. The third-order valence-corrected chi connectivity index (χ3v) is 5.11. The van der Waals surface area contributed by atoms with Crippen molar-refractivity contribution in [2.75, 3.05) is 11.5 Å².